The van der Waals surface area contributed by atoms with Gasteiger partial charge in [-0.3, -0.25) is 19.2 Å². The second-order valence-electron chi connectivity index (χ2n) is 16.7. The molecule has 2 unspecified atom stereocenters. The maximum Gasteiger partial charge on any atom is 0.328 e. The average Bonchev–Trinajstić information content (AvgIpc) is 3.83. The summed E-state index contributed by atoms with van der Waals surface area (Å²) in [7, 11) is 0. The minimum Gasteiger partial charge on any atom is -0.461 e. The second-order valence-corrected chi connectivity index (χ2v) is 16.7. The number of hydrogen-bond acceptors (Lipinski definition) is 7. The Kier molecular flexibility index (Phi) is 9.41. The zero-order valence-corrected chi connectivity index (χ0v) is 28.3. The molecule has 12 nitrogen and oxygen atoms in total. The van der Waals surface area contributed by atoms with Crippen molar-refractivity contribution in [1.82, 2.24) is 20.9 Å². The number of primary amides is 1. The summed E-state index contributed by atoms with van der Waals surface area (Å²) in [5.74, 6) is -3.26. The van der Waals surface area contributed by atoms with Gasteiger partial charge in [0.05, 0.1) is 0 Å². The number of piperidine rings is 1. The standard InChI is InChI=1S/C33H53N5O7/c1-16(17-10-11-17)45-29(43)20(14-31(2,3)4)35-30(44)37-25(32(5,6)7)28(42)38-15-19-21(33(19,8)9)23(38)27(41)36-22(18-12-13-18)24(39)26(34)40/h16-23,25H,10-15H2,1-9H3,(H2,34,40)(H,36,41)(H2,35,37,44)/t16?,19-,20-,21-,22?,23-,25+/m0/s1. The smallest absolute Gasteiger partial charge is 0.328 e. The maximum absolute atomic E-state index is 14.2. The molecule has 45 heavy (non-hydrogen) atoms. The Morgan fingerprint density at radius 3 is 1.98 bits per heavy atom. The molecular weight excluding hydrogens is 578 g/mol. The lowest BCUT2D eigenvalue weighted by atomic mass is 9.85. The number of ketones is 1. The van der Waals surface area contributed by atoms with Crippen LogP contribution < -0.4 is 21.7 Å². The van der Waals surface area contributed by atoms with Gasteiger partial charge in [-0.05, 0) is 78.9 Å². The molecule has 0 aromatic rings. The number of nitrogens with one attached hydrogen (secondary N) is 3. The molecule has 1 saturated heterocycles. The molecule has 0 aromatic heterocycles. The van der Waals surface area contributed by atoms with Gasteiger partial charge in [0.1, 0.15) is 30.3 Å². The van der Waals surface area contributed by atoms with Crippen molar-refractivity contribution in [2.75, 3.05) is 6.54 Å². The second kappa shape index (κ2) is 12.2. The van der Waals surface area contributed by atoms with E-state index in [4.69, 9.17) is 10.5 Å². The van der Waals surface area contributed by atoms with Gasteiger partial charge in [-0.15, -0.1) is 0 Å². The van der Waals surface area contributed by atoms with Crippen molar-refractivity contribution in [3.8, 4) is 0 Å². The fraction of sp³-hybridized carbons (Fsp3) is 0.818. The summed E-state index contributed by atoms with van der Waals surface area (Å²) in [6, 6.07) is -4.52. The number of hydrogen-bond donors (Lipinski definition) is 4. The van der Waals surface area contributed by atoms with Gasteiger partial charge in [0.2, 0.25) is 17.6 Å². The number of esters is 1. The molecule has 3 aliphatic carbocycles. The Hall–Kier alpha value is -3.18. The van der Waals surface area contributed by atoms with E-state index in [2.05, 4.69) is 16.0 Å². The van der Waals surface area contributed by atoms with Crippen molar-refractivity contribution in [1.29, 1.82) is 0 Å². The van der Waals surface area contributed by atoms with Crippen molar-refractivity contribution in [2.45, 2.75) is 125 Å². The number of fused-ring (bicyclic) bond motifs is 1. The van der Waals surface area contributed by atoms with E-state index in [9.17, 15) is 28.8 Å². The van der Waals surface area contributed by atoms with E-state index in [1.54, 1.807) is 0 Å². The van der Waals surface area contributed by atoms with Crippen molar-refractivity contribution >= 4 is 35.5 Å². The van der Waals surface area contributed by atoms with Gasteiger partial charge >= 0.3 is 12.0 Å². The summed E-state index contributed by atoms with van der Waals surface area (Å²) < 4.78 is 5.69. The maximum atomic E-state index is 14.2. The quantitative estimate of drug-likeness (QED) is 0.189. The summed E-state index contributed by atoms with van der Waals surface area (Å²) in [6.45, 7) is 17.6. The molecule has 5 N–H and O–H groups in total. The molecule has 3 saturated carbocycles. The van der Waals surface area contributed by atoms with Crippen LogP contribution in [0, 0.1) is 39.9 Å². The number of Topliss-reactive ketones (excluding diaryl/α,β-unsaturated/α-hetero) is 1. The van der Waals surface area contributed by atoms with Gasteiger partial charge in [0.25, 0.3) is 5.91 Å². The number of likely N-dealkylation sites (tertiary alicyclic amines) is 1. The molecule has 0 spiro atoms. The van der Waals surface area contributed by atoms with Crippen molar-refractivity contribution in [3.05, 3.63) is 0 Å². The summed E-state index contributed by atoms with van der Waals surface area (Å²) in [5.41, 5.74) is 4.03. The first kappa shape index (κ1) is 34.7. The van der Waals surface area contributed by atoms with Crippen molar-refractivity contribution in [2.24, 2.45) is 45.7 Å². The van der Waals surface area contributed by atoms with Crippen LogP contribution >= 0.6 is 0 Å². The van der Waals surface area contributed by atoms with Gasteiger partial charge in [0, 0.05) is 6.54 Å². The van der Waals surface area contributed by atoms with Crippen LogP contribution in [-0.4, -0.2) is 77.2 Å². The normalized spacial score (nSPS) is 26.4. The van der Waals surface area contributed by atoms with Gasteiger partial charge < -0.3 is 31.3 Å². The summed E-state index contributed by atoms with van der Waals surface area (Å²) in [6.07, 6.45) is 3.52. The van der Waals surface area contributed by atoms with E-state index in [0.29, 0.717) is 31.7 Å². The number of urea groups is 1. The number of nitrogens with two attached hydrogens (primary N) is 1. The van der Waals surface area contributed by atoms with Gasteiger partial charge in [-0.2, -0.15) is 0 Å². The van der Waals surface area contributed by atoms with Crippen LogP contribution in [0.1, 0.15) is 94.4 Å². The minimum absolute atomic E-state index is 0.0669. The van der Waals surface area contributed by atoms with Gasteiger partial charge in [0.15, 0.2) is 0 Å². The first-order chi connectivity index (χ1) is 20.6. The van der Waals surface area contributed by atoms with Crippen molar-refractivity contribution < 1.29 is 33.5 Å². The number of nitrogens with zero attached hydrogens (tertiary/aromatic N) is 1. The molecule has 252 valence electrons. The van der Waals surface area contributed by atoms with Crippen LogP contribution in [-0.2, 0) is 28.7 Å². The Bertz CT molecular complexity index is 1230. The third kappa shape index (κ3) is 7.98. The van der Waals surface area contributed by atoms with Crippen molar-refractivity contribution in [3.63, 3.8) is 0 Å². The number of amides is 5. The van der Waals surface area contributed by atoms with E-state index in [1.807, 2.05) is 62.3 Å². The molecule has 1 heterocycles. The van der Waals surface area contributed by atoms with Gasteiger partial charge in [-0.25, -0.2) is 9.59 Å². The molecule has 4 fully saturated rings. The largest absolute Gasteiger partial charge is 0.461 e. The van der Waals surface area contributed by atoms with Crippen LogP contribution in [0.15, 0.2) is 0 Å². The SMILES string of the molecule is CC(OC(=O)[C@H](CC(C)(C)C)NC(=O)N[C@H](C(=O)N1C[C@H]2[C@@H]([C@H]1C(=O)NC(C(=O)C(N)=O)C1CC1)C2(C)C)C(C)(C)C)C1CC1. The Morgan fingerprint density at radius 2 is 1.49 bits per heavy atom. The molecule has 7 atom stereocenters. The molecule has 0 aromatic carbocycles. The molecule has 1 aliphatic heterocycles. The number of rotatable bonds is 12. The fourth-order valence-corrected chi connectivity index (χ4v) is 6.91. The van der Waals surface area contributed by atoms with Gasteiger partial charge in [-0.1, -0.05) is 55.4 Å². The third-order valence-electron chi connectivity index (χ3n) is 10.1. The zero-order valence-electron chi connectivity index (χ0n) is 28.3. The van der Waals surface area contributed by atoms with Crippen LogP contribution in [0.4, 0.5) is 4.79 Å². The third-order valence-corrected chi connectivity index (χ3v) is 10.1. The predicted molar refractivity (Wildman–Crippen MR) is 166 cm³/mol. The number of ether oxygens (including phenoxy) is 1. The van der Waals surface area contributed by atoms with E-state index in [-0.39, 0.29) is 34.7 Å². The molecule has 0 radical (unpaired) electrons. The van der Waals surface area contributed by atoms with Crippen LogP contribution in [0.3, 0.4) is 0 Å². The highest BCUT2D eigenvalue weighted by Crippen LogP contribution is 2.65. The van der Waals surface area contributed by atoms with Crippen LogP contribution in [0.5, 0.6) is 0 Å². The Morgan fingerprint density at radius 1 is 0.911 bits per heavy atom. The minimum atomic E-state index is -1.10. The van der Waals surface area contributed by atoms with E-state index >= 15 is 0 Å². The molecular formula is C33H53N5O7. The number of carbonyl (C=O) groups excluding carboxylic acids is 6. The molecule has 0 bridgehead atoms. The summed E-state index contributed by atoms with van der Waals surface area (Å²) in [5, 5.41) is 8.33. The van der Waals surface area contributed by atoms with Crippen LogP contribution in [0.2, 0.25) is 0 Å². The van der Waals surface area contributed by atoms with E-state index in [0.717, 1.165) is 12.8 Å². The molecule has 12 heteroatoms. The lowest BCUT2D eigenvalue weighted by Crippen LogP contribution is -2.62. The first-order valence-electron chi connectivity index (χ1n) is 16.4. The highest BCUT2D eigenvalue weighted by Gasteiger charge is 2.70. The fourth-order valence-electron chi connectivity index (χ4n) is 6.91. The zero-order chi connectivity index (χ0) is 33.8. The van der Waals surface area contributed by atoms with E-state index in [1.165, 1.54) is 4.90 Å². The average molecular weight is 632 g/mol. The number of carbonyl (C=O) groups is 6. The highest BCUT2D eigenvalue weighted by atomic mass is 16.5. The lowest BCUT2D eigenvalue weighted by Gasteiger charge is -2.38. The topological polar surface area (TPSA) is 177 Å². The first-order valence-corrected chi connectivity index (χ1v) is 16.4. The summed E-state index contributed by atoms with van der Waals surface area (Å²) in [4.78, 5) is 80.3. The monoisotopic (exact) mass is 631 g/mol. The summed E-state index contributed by atoms with van der Waals surface area (Å²) >= 11 is 0. The highest BCUT2D eigenvalue weighted by molar-refractivity contribution is 6.38. The predicted octanol–water partition coefficient (Wildman–Crippen LogP) is 2.28. The lowest BCUT2D eigenvalue weighted by molar-refractivity contribution is -0.152. The van der Waals surface area contributed by atoms with Crippen LogP contribution in [0.25, 0.3) is 0 Å². The van der Waals surface area contributed by atoms with E-state index < -0.39 is 65.1 Å². The molecule has 5 amide bonds. The molecule has 4 aliphatic rings. The molecule has 4 rings (SSSR count). The Labute approximate surface area is 266 Å². The Balaban J connectivity index is 1.51.